The minimum Gasteiger partial charge on any atom is -0.349 e. The SMILES string of the molecule is O=C(Cc1cn2cc(F)ccc2n1)NCc1nc2c(s1)CCCC2. The number of thiazole rings is 1. The second kappa shape index (κ2) is 6.32. The van der Waals surface area contributed by atoms with E-state index in [-0.39, 0.29) is 18.1 Å². The Kier molecular flexibility index (Phi) is 4.02. The number of nitrogens with one attached hydrogen (secondary N) is 1. The number of pyridine rings is 1. The Hall–Kier alpha value is -2.28. The summed E-state index contributed by atoms with van der Waals surface area (Å²) in [6.45, 7) is 0.457. The minimum atomic E-state index is -0.330. The van der Waals surface area contributed by atoms with E-state index in [0.717, 1.165) is 17.8 Å². The number of hydrogen-bond donors (Lipinski definition) is 1. The van der Waals surface area contributed by atoms with Gasteiger partial charge in [-0.05, 0) is 37.8 Å². The van der Waals surface area contributed by atoms with Crippen LogP contribution in [0.5, 0.6) is 0 Å². The second-order valence-electron chi connectivity index (χ2n) is 5.98. The number of imidazole rings is 1. The van der Waals surface area contributed by atoms with Crippen molar-refractivity contribution >= 4 is 22.9 Å². The molecule has 0 fully saturated rings. The highest BCUT2D eigenvalue weighted by atomic mass is 32.1. The molecule has 0 unspecified atom stereocenters. The molecule has 3 aromatic heterocycles. The normalized spacial score (nSPS) is 13.9. The van der Waals surface area contributed by atoms with Crippen LogP contribution in [0.2, 0.25) is 0 Å². The van der Waals surface area contributed by atoms with Crippen LogP contribution in [0, 0.1) is 5.82 Å². The van der Waals surface area contributed by atoms with Crippen LogP contribution < -0.4 is 5.32 Å². The van der Waals surface area contributed by atoms with Gasteiger partial charge >= 0.3 is 0 Å². The first-order valence-corrected chi connectivity index (χ1v) is 8.86. The number of amides is 1. The van der Waals surface area contributed by atoms with Gasteiger partial charge < -0.3 is 9.72 Å². The van der Waals surface area contributed by atoms with Gasteiger partial charge in [0.25, 0.3) is 0 Å². The minimum absolute atomic E-state index is 0.105. The predicted octanol–water partition coefficient (Wildman–Crippen LogP) is 2.67. The van der Waals surface area contributed by atoms with Gasteiger partial charge in [0.15, 0.2) is 0 Å². The Balaban J connectivity index is 1.38. The molecule has 0 saturated heterocycles. The van der Waals surface area contributed by atoms with Crippen LogP contribution in [-0.4, -0.2) is 20.3 Å². The van der Waals surface area contributed by atoms with E-state index in [1.807, 2.05) is 0 Å². The summed E-state index contributed by atoms with van der Waals surface area (Å²) in [5.41, 5.74) is 2.46. The van der Waals surface area contributed by atoms with Crippen molar-refractivity contribution in [1.82, 2.24) is 19.7 Å². The summed E-state index contributed by atoms with van der Waals surface area (Å²) in [6, 6.07) is 2.95. The fourth-order valence-corrected chi connectivity index (χ4v) is 4.08. The number of halogens is 1. The number of hydrogen-bond acceptors (Lipinski definition) is 4. The lowest BCUT2D eigenvalue weighted by Gasteiger charge is -2.06. The third-order valence-electron chi connectivity index (χ3n) is 4.13. The van der Waals surface area contributed by atoms with Crippen molar-refractivity contribution in [3.05, 3.63) is 51.6 Å². The van der Waals surface area contributed by atoms with Crippen LogP contribution in [0.3, 0.4) is 0 Å². The van der Waals surface area contributed by atoms with Gasteiger partial charge in [0, 0.05) is 17.3 Å². The Morgan fingerprint density at radius 1 is 1.25 bits per heavy atom. The van der Waals surface area contributed by atoms with Crippen molar-refractivity contribution in [2.24, 2.45) is 0 Å². The zero-order valence-corrected chi connectivity index (χ0v) is 13.9. The van der Waals surface area contributed by atoms with E-state index in [0.29, 0.717) is 17.9 Å². The van der Waals surface area contributed by atoms with Crippen molar-refractivity contribution in [2.75, 3.05) is 0 Å². The van der Waals surface area contributed by atoms with Crippen LogP contribution in [0.25, 0.3) is 5.65 Å². The molecular formula is C17H17FN4OS. The van der Waals surface area contributed by atoms with Crippen molar-refractivity contribution in [3.63, 3.8) is 0 Å². The maximum absolute atomic E-state index is 13.2. The molecule has 4 rings (SSSR count). The molecule has 0 aromatic carbocycles. The van der Waals surface area contributed by atoms with E-state index in [2.05, 4.69) is 15.3 Å². The van der Waals surface area contributed by atoms with Gasteiger partial charge in [0.1, 0.15) is 16.5 Å². The van der Waals surface area contributed by atoms with E-state index in [1.165, 1.54) is 35.7 Å². The molecular weight excluding hydrogens is 327 g/mol. The van der Waals surface area contributed by atoms with Crippen LogP contribution in [-0.2, 0) is 30.6 Å². The first kappa shape index (κ1) is 15.3. The van der Waals surface area contributed by atoms with E-state index < -0.39 is 0 Å². The summed E-state index contributed by atoms with van der Waals surface area (Å²) in [4.78, 5) is 22.4. The molecule has 0 bridgehead atoms. The maximum Gasteiger partial charge on any atom is 0.226 e. The molecule has 3 heterocycles. The summed E-state index contributed by atoms with van der Waals surface area (Å²) >= 11 is 1.70. The van der Waals surface area contributed by atoms with E-state index in [4.69, 9.17) is 0 Å². The van der Waals surface area contributed by atoms with E-state index in [1.54, 1.807) is 28.0 Å². The summed E-state index contributed by atoms with van der Waals surface area (Å²) < 4.78 is 14.8. The highest BCUT2D eigenvalue weighted by Gasteiger charge is 2.15. The largest absolute Gasteiger partial charge is 0.349 e. The molecule has 1 aliphatic carbocycles. The average Bonchev–Trinajstić information content (AvgIpc) is 3.15. The molecule has 24 heavy (non-hydrogen) atoms. The molecule has 1 amide bonds. The average molecular weight is 344 g/mol. The number of aryl methyl sites for hydroxylation is 2. The summed E-state index contributed by atoms with van der Waals surface area (Å²) in [7, 11) is 0. The molecule has 0 atom stereocenters. The zero-order valence-electron chi connectivity index (χ0n) is 13.1. The molecule has 1 aliphatic rings. The lowest BCUT2D eigenvalue weighted by Crippen LogP contribution is -2.24. The fraction of sp³-hybridized carbons (Fsp3) is 0.353. The summed E-state index contributed by atoms with van der Waals surface area (Å²) in [6.07, 6.45) is 7.81. The molecule has 124 valence electrons. The Morgan fingerprint density at radius 2 is 2.12 bits per heavy atom. The quantitative estimate of drug-likeness (QED) is 0.792. The van der Waals surface area contributed by atoms with Crippen molar-refractivity contribution in [3.8, 4) is 0 Å². The topological polar surface area (TPSA) is 59.3 Å². The molecule has 0 spiro atoms. The van der Waals surface area contributed by atoms with Gasteiger partial charge in [-0.15, -0.1) is 11.3 Å². The lowest BCUT2D eigenvalue weighted by molar-refractivity contribution is -0.120. The number of carbonyl (C=O) groups excluding carboxylic acids is 1. The number of nitrogens with zero attached hydrogens (tertiary/aromatic N) is 3. The number of carbonyl (C=O) groups is 1. The highest BCUT2D eigenvalue weighted by molar-refractivity contribution is 7.11. The van der Waals surface area contributed by atoms with Gasteiger partial charge in [0.2, 0.25) is 5.91 Å². The fourth-order valence-electron chi connectivity index (χ4n) is 2.98. The first-order chi connectivity index (χ1) is 11.7. The van der Waals surface area contributed by atoms with E-state index >= 15 is 0 Å². The number of fused-ring (bicyclic) bond motifs is 2. The third kappa shape index (κ3) is 3.17. The molecule has 3 aromatic rings. The van der Waals surface area contributed by atoms with Crippen LogP contribution in [0.4, 0.5) is 4.39 Å². The molecule has 1 N–H and O–H groups in total. The zero-order chi connectivity index (χ0) is 16.5. The van der Waals surface area contributed by atoms with Gasteiger partial charge in [-0.1, -0.05) is 0 Å². The van der Waals surface area contributed by atoms with E-state index in [9.17, 15) is 9.18 Å². The Bertz CT molecular complexity index is 878. The molecule has 7 heteroatoms. The van der Waals surface area contributed by atoms with Crippen LogP contribution >= 0.6 is 11.3 Å². The first-order valence-electron chi connectivity index (χ1n) is 8.05. The molecule has 0 saturated carbocycles. The van der Waals surface area contributed by atoms with Gasteiger partial charge in [-0.25, -0.2) is 14.4 Å². The predicted molar refractivity (Wildman–Crippen MR) is 89.5 cm³/mol. The highest BCUT2D eigenvalue weighted by Crippen LogP contribution is 2.26. The monoisotopic (exact) mass is 344 g/mol. The van der Waals surface area contributed by atoms with Crippen molar-refractivity contribution in [1.29, 1.82) is 0 Å². The third-order valence-corrected chi connectivity index (χ3v) is 5.29. The standard InChI is InChI=1S/C17H17FN4OS/c18-11-5-6-15-20-12(10-22(15)9-11)7-16(23)19-8-17-21-13-3-1-2-4-14(13)24-17/h5-6,9-10H,1-4,7-8H2,(H,19,23). The lowest BCUT2D eigenvalue weighted by atomic mass is 10.0. The number of rotatable bonds is 4. The molecule has 0 aliphatic heterocycles. The molecule has 0 radical (unpaired) electrons. The van der Waals surface area contributed by atoms with Crippen LogP contribution in [0.15, 0.2) is 24.5 Å². The van der Waals surface area contributed by atoms with Crippen LogP contribution in [0.1, 0.15) is 34.1 Å². The van der Waals surface area contributed by atoms with Gasteiger partial charge in [0.05, 0.1) is 24.4 Å². The van der Waals surface area contributed by atoms with Crippen molar-refractivity contribution < 1.29 is 9.18 Å². The van der Waals surface area contributed by atoms with Gasteiger partial charge in [-0.2, -0.15) is 0 Å². The van der Waals surface area contributed by atoms with Crippen molar-refractivity contribution in [2.45, 2.75) is 38.6 Å². The maximum atomic E-state index is 13.2. The molecule has 5 nitrogen and oxygen atoms in total. The second-order valence-corrected chi connectivity index (χ2v) is 7.15. The summed E-state index contributed by atoms with van der Waals surface area (Å²) in [5.74, 6) is -0.435. The van der Waals surface area contributed by atoms with Gasteiger partial charge in [-0.3, -0.25) is 4.79 Å². The Labute approximate surface area is 142 Å². The summed E-state index contributed by atoms with van der Waals surface area (Å²) in [5, 5.41) is 3.86. The Morgan fingerprint density at radius 3 is 3.00 bits per heavy atom. The smallest absolute Gasteiger partial charge is 0.226 e. The number of aromatic nitrogens is 3.